The predicted octanol–water partition coefficient (Wildman–Crippen LogP) is 2.46. The molecular formula is C16H21N3O2. The van der Waals surface area contributed by atoms with Crippen LogP contribution >= 0.6 is 0 Å². The van der Waals surface area contributed by atoms with E-state index in [1.54, 1.807) is 6.20 Å². The van der Waals surface area contributed by atoms with Gasteiger partial charge < -0.3 is 15.4 Å². The van der Waals surface area contributed by atoms with Crippen molar-refractivity contribution in [2.24, 2.45) is 0 Å². The van der Waals surface area contributed by atoms with Crippen molar-refractivity contribution < 1.29 is 9.53 Å². The number of amides is 2. The Morgan fingerprint density at radius 2 is 2.19 bits per heavy atom. The van der Waals surface area contributed by atoms with Gasteiger partial charge in [-0.15, -0.1) is 0 Å². The smallest absolute Gasteiger partial charge is 0.315 e. The Morgan fingerprint density at radius 3 is 3.05 bits per heavy atom. The Labute approximate surface area is 124 Å². The van der Waals surface area contributed by atoms with E-state index in [0.717, 1.165) is 22.9 Å². The number of fused-ring (bicyclic) bond motifs is 1. The van der Waals surface area contributed by atoms with Crippen LogP contribution in [-0.4, -0.2) is 30.8 Å². The molecule has 0 atom stereocenters. The summed E-state index contributed by atoms with van der Waals surface area (Å²) in [5.74, 6) is 0. The molecule has 2 aromatic rings. The van der Waals surface area contributed by atoms with E-state index in [9.17, 15) is 4.79 Å². The molecule has 1 heterocycles. The van der Waals surface area contributed by atoms with E-state index in [0.29, 0.717) is 26.3 Å². The maximum atomic E-state index is 11.6. The van der Waals surface area contributed by atoms with Gasteiger partial charge in [-0.2, -0.15) is 0 Å². The molecule has 2 N–H and O–H groups in total. The van der Waals surface area contributed by atoms with Crippen molar-refractivity contribution in [3.05, 3.63) is 42.1 Å². The van der Waals surface area contributed by atoms with Crippen molar-refractivity contribution in [3.8, 4) is 0 Å². The fraction of sp³-hybridized carbons (Fsp3) is 0.375. The second-order valence-electron chi connectivity index (χ2n) is 4.69. The number of carbonyl (C=O) groups excluding carboxylic acids is 1. The quantitative estimate of drug-likeness (QED) is 0.769. The van der Waals surface area contributed by atoms with E-state index < -0.39 is 0 Å². The first-order valence-electron chi connectivity index (χ1n) is 7.22. The van der Waals surface area contributed by atoms with E-state index in [1.165, 1.54) is 0 Å². The molecule has 0 aliphatic carbocycles. The van der Waals surface area contributed by atoms with Crippen LogP contribution in [0.2, 0.25) is 0 Å². The van der Waals surface area contributed by atoms with Crippen LogP contribution in [0.1, 0.15) is 18.9 Å². The molecular weight excluding hydrogens is 266 g/mol. The lowest BCUT2D eigenvalue weighted by molar-refractivity contribution is 0.145. The highest BCUT2D eigenvalue weighted by molar-refractivity contribution is 5.79. The van der Waals surface area contributed by atoms with Gasteiger partial charge in [-0.25, -0.2) is 4.79 Å². The molecule has 0 saturated carbocycles. The van der Waals surface area contributed by atoms with Gasteiger partial charge >= 0.3 is 6.03 Å². The average molecular weight is 287 g/mol. The largest absolute Gasteiger partial charge is 0.382 e. The van der Waals surface area contributed by atoms with E-state index in [-0.39, 0.29) is 6.03 Å². The van der Waals surface area contributed by atoms with Crippen molar-refractivity contribution in [2.45, 2.75) is 19.9 Å². The summed E-state index contributed by atoms with van der Waals surface area (Å²) in [4.78, 5) is 15.9. The minimum atomic E-state index is -0.155. The molecule has 5 nitrogen and oxygen atoms in total. The molecule has 0 fully saturated rings. The van der Waals surface area contributed by atoms with E-state index >= 15 is 0 Å². The molecule has 21 heavy (non-hydrogen) atoms. The molecule has 0 spiro atoms. The van der Waals surface area contributed by atoms with Crippen molar-refractivity contribution in [1.82, 2.24) is 15.6 Å². The second-order valence-corrected chi connectivity index (χ2v) is 4.69. The Kier molecular flexibility index (Phi) is 5.97. The fourth-order valence-electron chi connectivity index (χ4n) is 2.00. The highest BCUT2D eigenvalue weighted by Crippen LogP contribution is 2.12. The van der Waals surface area contributed by atoms with Gasteiger partial charge in [0.15, 0.2) is 0 Å². The average Bonchev–Trinajstić information content (AvgIpc) is 2.52. The SMILES string of the molecule is CCOCCCNC(=O)NCc1ccc2ncccc2c1. The summed E-state index contributed by atoms with van der Waals surface area (Å²) in [5.41, 5.74) is 2.02. The van der Waals surface area contributed by atoms with Gasteiger partial charge in [-0.1, -0.05) is 12.1 Å². The molecule has 5 heteroatoms. The highest BCUT2D eigenvalue weighted by atomic mass is 16.5. The number of hydrogen-bond acceptors (Lipinski definition) is 3. The van der Waals surface area contributed by atoms with Crippen LogP contribution in [0.3, 0.4) is 0 Å². The molecule has 112 valence electrons. The molecule has 1 aromatic heterocycles. The van der Waals surface area contributed by atoms with Gasteiger partial charge in [0.05, 0.1) is 5.52 Å². The van der Waals surface area contributed by atoms with E-state index in [1.807, 2.05) is 37.3 Å². The van der Waals surface area contributed by atoms with Gasteiger partial charge in [0.25, 0.3) is 0 Å². The first-order chi connectivity index (χ1) is 10.3. The third-order valence-corrected chi connectivity index (χ3v) is 3.08. The minimum Gasteiger partial charge on any atom is -0.382 e. The topological polar surface area (TPSA) is 63.2 Å². The summed E-state index contributed by atoms with van der Waals surface area (Å²) >= 11 is 0. The van der Waals surface area contributed by atoms with Gasteiger partial charge in [0.2, 0.25) is 0 Å². The molecule has 1 aromatic carbocycles. The van der Waals surface area contributed by atoms with Crippen LogP contribution < -0.4 is 10.6 Å². The highest BCUT2D eigenvalue weighted by Gasteiger charge is 2.01. The monoisotopic (exact) mass is 287 g/mol. The zero-order valence-electron chi connectivity index (χ0n) is 12.3. The zero-order chi connectivity index (χ0) is 14.9. The Hall–Kier alpha value is -2.14. The number of pyridine rings is 1. The number of hydrogen-bond donors (Lipinski definition) is 2. The molecule has 0 aliphatic rings. The molecule has 0 saturated heterocycles. The Bertz CT molecular complexity index is 586. The molecule has 0 unspecified atom stereocenters. The number of nitrogens with one attached hydrogen (secondary N) is 2. The van der Waals surface area contributed by atoms with Gasteiger partial charge in [0.1, 0.15) is 0 Å². The molecule has 0 aliphatic heterocycles. The predicted molar refractivity (Wildman–Crippen MR) is 83.1 cm³/mol. The van der Waals surface area contributed by atoms with Crippen molar-refractivity contribution >= 4 is 16.9 Å². The normalized spacial score (nSPS) is 10.5. The summed E-state index contributed by atoms with van der Waals surface area (Å²) < 4.78 is 5.21. The first kappa shape index (κ1) is 15.3. The molecule has 2 rings (SSSR count). The number of urea groups is 1. The van der Waals surface area contributed by atoms with Crippen LogP contribution in [-0.2, 0) is 11.3 Å². The first-order valence-corrected chi connectivity index (χ1v) is 7.22. The number of nitrogens with zero attached hydrogens (tertiary/aromatic N) is 1. The molecule has 0 bridgehead atoms. The van der Waals surface area contributed by atoms with E-state index in [2.05, 4.69) is 15.6 Å². The number of aromatic nitrogens is 1. The van der Waals surface area contributed by atoms with Gasteiger partial charge in [0, 0.05) is 37.9 Å². The third-order valence-electron chi connectivity index (χ3n) is 3.08. The van der Waals surface area contributed by atoms with Crippen LogP contribution in [0.4, 0.5) is 4.79 Å². The van der Waals surface area contributed by atoms with Crippen molar-refractivity contribution in [1.29, 1.82) is 0 Å². The summed E-state index contributed by atoms with van der Waals surface area (Å²) in [5, 5.41) is 6.73. The summed E-state index contributed by atoms with van der Waals surface area (Å²) in [6.07, 6.45) is 2.60. The van der Waals surface area contributed by atoms with Gasteiger partial charge in [-0.3, -0.25) is 4.98 Å². The minimum absolute atomic E-state index is 0.155. The number of carbonyl (C=O) groups is 1. The molecule has 2 amide bonds. The lowest BCUT2D eigenvalue weighted by Gasteiger charge is -2.08. The summed E-state index contributed by atoms with van der Waals surface area (Å²) in [6.45, 7) is 4.46. The van der Waals surface area contributed by atoms with Gasteiger partial charge in [-0.05, 0) is 37.1 Å². The Balaban J connectivity index is 1.75. The zero-order valence-corrected chi connectivity index (χ0v) is 12.3. The number of benzene rings is 1. The Morgan fingerprint density at radius 1 is 1.29 bits per heavy atom. The number of ether oxygens (including phenoxy) is 1. The van der Waals surface area contributed by atoms with Crippen LogP contribution in [0.15, 0.2) is 36.5 Å². The van der Waals surface area contributed by atoms with Crippen molar-refractivity contribution in [3.63, 3.8) is 0 Å². The lowest BCUT2D eigenvalue weighted by Crippen LogP contribution is -2.35. The second kappa shape index (κ2) is 8.21. The summed E-state index contributed by atoms with van der Waals surface area (Å²) in [7, 11) is 0. The standard InChI is InChI=1S/C16H21N3O2/c1-2-21-10-4-9-18-16(20)19-12-13-6-7-15-14(11-13)5-3-8-17-15/h3,5-8,11H,2,4,9-10,12H2,1H3,(H2,18,19,20). The number of rotatable bonds is 7. The van der Waals surface area contributed by atoms with Crippen LogP contribution in [0, 0.1) is 0 Å². The summed E-state index contributed by atoms with van der Waals surface area (Å²) in [6, 6.07) is 9.75. The molecule has 0 radical (unpaired) electrons. The third kappa shape index (κ3) is 5.04. The van der Waals surface area contributed by atoms with Crippen LogP contribution in [0.25, 0.3) is 10.9 Å². The van der Waals surface area contributed by atoms with Crippen molar-refractivity contribution in [2.75, 3.05) is 19.8 Å². The fourth-order valence-corrected chi connectivity index (χ4v) is 2.00. The maximum absolute atomic E-state index is 11.6. The lowest BCUT2D eigenvalue weighted by atomic mass is 10.1. The maximum Gasteiger partial charge on any atom is 0.315 e. The van der Waals surface area contributed by atoms with E-state index in [4.69, 9.17) is 4.74 Å². The van der Waals surface area contributed by atoms with Crippen LogP contribution in [0.5, 0.6) is 0 Å².